The second kappa shape index (κ2) is 11.4. The maximum atomic E-state index is 6.46. The van der Waals surface area contributed by atoms with E-state index in [1.165, 1.54) is 0 Å². The molecule has 0 saturated carbocycles. The van der Waals surface area contributed by atoms with E-state index in [9.17, 15) is 0 Å². The van der Waals surface area contributed by atoms with E-state index in [-0.39, 0.29) is 0 Å². The molecule has 0 unspecified atom stereocenters. The van der Waals surface area contributed by atoms with Crippen molar-refractivity contribution in [2.75, 3.05) is 0 Å². The molecule has 1 aliphatic rings. The highest BCUT2D eigenvalue weighted by Gasteiger charge is 2.18. The molecule has 0 N–H and O–H groups in total. The van der Waals surface area contributed by atoms with Crippen molar-refractivity contribution in [2.24, 2.45) is 0 Å². The molecule has 3 aromatic heterocycles. The molecule has 226 valence electrons. The van der Waals surface area contributed by atoms with Gasteiger partial charge in [0, 0.05) is 44.9 Å². The minimum absolute atomic E-state index is 0.605. The first-order valence-corrected chi connectivity index (χ1v) is 16.1. The van der Waals surface area contributed by atoms with E-state index in [2.05, 4.69) is 121 Å². The number of hydrogen-bond donors (Lipinski definition) is 0. The molecule has 9 rings (SSSR count). The molecular formula is C44H29N3O. The summed E-state index contributed by atoms with van der Waals surface area (Å²) in [7, 11) is 0. The quantitative estimate of drug-likeness (QED) is 0.186. The molecule has 4 heteroatoms. The van der Waals surface area contributed by atoms with Gasteiger partial charge in [-0.2, -0.15) is 0 Å². The van der Waals surface area contributed by atoms with Crippen LogP contribution in [0, 0.1) is 0 Å². The molecule has 0 bridgehead atoms. The number of rotatable bonds is 3. The number of para-hydroxylation sites is 1. The topological polar surface area (TPSA) is 47.9 Å². The number of fused-ring (bicyclic) bond motifs is 8. The lowest BCUT2D eigenvalue weighted by atomic mass is 9.94. The summed E-state index contributed by atoms with van der Waals surface area (Å²) in [6.07, 6.45) is 12.5. The third-order valence-electron chi connectivity index (χ3n) is 9.15. The molecule has 48 heavy (non-hydrogen) atoms. The van der Waals surface area contributed by atoms with Crippen molar-refractivity contribution in [3.63, 3.8) is 0 Å². The van der Waals surface area contributed by atoms with Crippen molar-refractivity contribution in [2.45, 2.75) is 6.42 Å². The third-order valence-corrected chi connectivity index (χ3v) is 9.15. The van der Waals surface area contributed by atoms with Crippen LogP contribution in [0.15, 0.2) is 164 Å². The van der Waals surface area contributed by atoms with Gasteiger partial charge >= 0.3 is 0 Å². The molecule has 4 heterocycles. The van der Waals surface area contributed by atoms with Gasteiger partial charge in [-0.1, -0.05) is 116 Å². The molecular weight excluding hydrogens is 587 g/mol. The summed E-state index contributed by atoms with van der Waals surface area (Å²) in [6.45, 7) is 4.16. The van der Waals surface area contributed by atoms with Crippen LogP contribution in [0.2, 0.25) is 0 Å². The van der Waals surface area contributed by atoms with Gasteiger partial charge in [-0.25, -0.2) is 4.98 Å². The molecule has 4 nitrogen and oxygen atoms in total. The van der Waals surface area contributed by atoms with Crippen LogP contribution in [0.1, 0.15) is 5.56 Å². The summed E-state index contributed by atoms with van der Waals surface area (Å²) in [4.78, 5) is 14.5. The van der Waals surface area contributed by atoms with Crippen molar-refractivity contribution < 1.29 is 4.74 Å². The summed E-state index contributed by atoms with van der Waals surface area (Å²) >= 11 is 0. The van der Waals surface area contributed by atoms with Gasteiger partial charge in [0.15, 0.2) is 0 Å². The van der Waals surface area contributed by atoms with Crippen LogP contribution in [-0.4, -0.2) is 15.0 Å². The van der Waals surface area contributed by atoms with Crippen molar-refractivity contribution in [3.8, 4) is 39.3 Å². The zero-order valence-corrected chi connectivity index (χ0v) is 26.1. The Bertz CT molecular complexity index is 2630. The zero-order chi connectivity index (χ0) is 32.0. The van der Waals surface area contributed by atoms with Crippen LogP contribution in [0.3, 0.4) is 0 Å². The minimum Gasteiger partial charge on any atom is -0.457 e. The lowest BCUT2D eigenvalue weighted by Crippen LogP contribution is -1.99. The summed E-state index contributed by atoms with van der Waals surface area (Å²) < 4.78 is 6.46. The molecule has 0 radical (unpaired) electrons. The summed E-state index contributed by atoms with van der Waals surface area (Å²) in [5, 5.41) is 5.35. The van der Waals surface area contributed by atoms with Crippen LogP contribution in [-0.2, 0) is 6.42 Å². The summed E-state index contributed by atoms with van der Waals surface area (Å²) in [6, 6.07) is 40.5. The molecule has 8 aromatic rings. The molecule has 5 aromatic carbocycles. The Labute approximate surface area is 278 Å². The Hall–Kier alpha value is -6.39. The predicted octanol–water partition coefficient (Wildman–Crippen LogP) is 11.0. The first-order chi connectivity index (χ1) is 23.7. The maximum absolute atomic E-state index is 6.46. The first-order valence-electron chi connectivity index (χ1n) is 16.1. The van der Waals surface area contributed by atoms with Crippen molar-refractivity contribution >= 4 is 43.5 Å². The van der Waals surface area contributed by atoms with Gasteiger partial charge in [0.25, 0.3) is 0 Å². The van der Waals surface area contributed by atoms with Gasteiger partial charge in [0.2, 0.25) is 0 Å². The molecule has 0 fully saturated rings. The van der Waals surface area contributed by atoms with Crippen LogP contribution < -0.4 is 4.74 Å². The second-order valence-electron chi connectivity index (χ2n) is 12.1. The second-order valence-corrected chi connectivity index (χ2v) is 12.1. The van der Waals surface area contributed by atoms with Crippen LogP contribution in [0.5, 0.6) is 5.75 Å². The highest BCUT2D eigenvalue weighted by Crippen LogP contribution is 2.42. The van der Waals surface area contributed by atoms with E-state index in [4.69, 9.17) is 14.7 Å². The van der Waals surface area contributed by atoms with Crippen LogP contribution >= 0.6 is 0 Å². The van der Waals surface area contributed by atoms with Crippen molar-refractivity contribution in [1.29, 1.82) is 0 Å². The summed E-state index contributed by atoms with van der Waals surface area (Å²) in [5.41, 5.74) is 10.4. The SMILES string of the molecule is C=C1/C=C\C=C/Cc2ccc3c(-c4cccc(-c5ccc(-c6ccnc7c6ccc6cccnc67)cc5)c4)nc4ccccc4c3c2O1. The average Bonchev–Trinajstić information content (AvgIpc) is 3.24. The summed E-state index contributed by atoms with van der Waals surface area (Å²) in [5.74, 6) is 1.45. The van der Waals surface area contributed by atoms with E-state index >= 15 is 0 Å². The monoisotopic (exact) mass is 615 g/mol. The van der Waals surface area contributed by atoms with Gasteiger partial charge in [0.05, 0.1) is 22.2 Å². The fourth-order valence-electron chi connectivity index (χ4n) is 6.85. The van der Waals surface area contributed by atoms with Gasteiger partial charge in [-0.3, -0.25) is 9.97 Å². The van der Waals surface area contributed by atoms with Crippen molar-refractivity contribution in [1.82, 2.24) is 15.0 Å². The lowest BCUT2D eigenvalue weighted by Gasteiger charge is -2.17. The zero-order valence-electron chi connectivity index (χ0n) is 26.1. The number of pyridine rings is 3. The Morgan fingerprint density at radius 1 is 0.604 bits per heavy atom. The Kier molecular flexibility index (Phi) is 6.65. The van der Waals surface area contributed by atoms with E-state index in [0.29, 0.717) is 5.76 Å². The predicted molar refractivity (Wildman–Crippen MR) is 198 cm³/mol. The van der Waals surface area contributed by atoms with Crippen LogP contribution in [0.4, 0.5) is 0 Å². The van der Waals surface area contributed by atoms with Gasteiger partial charge < -0.3 is 4.74 Å². The Balaban J connectivity index is 1.15. The van der Waals surface area contributed by atoms with Crippen molar-refractivity contribution in [3.05, 3.63) is 170 Å². The Morgan fingerprint density at radius 2 is 1.44 bits per heavy atom. The highest BCUT2D eigenvalue weighted by molar-refractivity contribution is 6.14. The molecule has 0 aliphatic carbocycles. The molecule has 0 spiro atoms. The third kappa shape index (κ3) is 4.74. The molecule has 0 saturated heterocycles. The van der Waals surface area contributed by atoms with Crippen LogP contribution in [0.25, 0.3) is 77.0 Å². The fraction of sp³-hybridized carbons (Fsp3) is 0.0227. The number of ether oxygens (including phenoxy) is 1. The van der Waals surface area contributed by atoms with E-state index in [0.717, 1.165) is 94.7 Å². The van der Waals surface area contributed by atoms with E-state index in [1.807, 2.05) is 42.8 Å². The smallest absolute Gasteiger partial charge is 0.139 e. The maximum Gasteiger partial charge on any atom is 0.139 e. The number of nitrogens with zero attached hydrogens (tertiary/aromatic N) is 3. The van der Waals surface area contributed by atoms with Gasteiger partial charge in [0.1, 0.15) is 11.5 Å². The first kappa shape index (κ1) is 27.9. The van der Waals surface area contributed by atoms with E-state index in [1.54, 1.807) is 0 Å². The molecule has 0 atom stereocenters. The highest BCUT2D eigenvalue weighted by atomic mass is 16.5. The Morgan fingerprint density at radius 3 is 2.38 bits per heavy atom. The number of allylic oxidation sites excluding steroid dienone is 4. The standard InChI is InChI=1S/C44H29N3O/c1-28-9-3-2-4-10-32-21-23-38-40(44(32)48-28)37-14-5-6-15-39(37)47-41(38)34-12-7-11-33(27-34)29-16-18-30(19-17-29)35-24-26-46-43-36(35)22-20-31-13-8-25-45-42(31)43/h2-9,11-27H,1,10H2/b4-2-,9-3-. The number of benzene rings is 5. The van der Waals surface area contributed by atoms with E-state index < -0.39 is 0 Å². The lowest BCUT2D eigenvalue weighted by molar-refractivity contribution is 0.448. The molecule has 1 aliphatic heterocycles. The fourth-order valence-corrected chi connectivity index (χ4v) is 6.85. The number of hydrogen-bond acceptors (Lipinski definition) is 4. The van der Waals surface area contributed by atoms with Gasteiger partial charge in [-0.05, 0) is 64.6 Å². The minimum atomic E-state index is 0.605. The van der Waals surface area contributed by atoms with Gasteiger partial charge in [-0.15, -0.1) is 0 Å². The normalized spacial score (nSPS) is 14.3. The number of aromatic nitrogens is 3. The average molecular weight is 616 g/mol. The molecule has 0 amide bonds. The largest absolute Gasteiger partial charge is 0.457 e.